The van der Waals surface area contributed by atoms with Crippen molar-refractivity contribution in [3.05, 3.63) is 12.1 Å². The third-order valence-electron chi connectivity index (χ3n) is 4.28. The molecule has 0 radical (unpaired) electrons. The Morgan fingerprint density at radius 2 is 2.14 bits per heavy atom. The van der Waals surface area contributed by atoms with Crippen molar-refractivity contribution in [2.24, 2.45) is 5.41 Å². The standard InChI is InChI=1S/C13H18N6O2/c1-2-5-13(12(20)21)6-8-18(9-7-13)11-4-3-10-14-16-17-19(10)15-11/h3-4H,2,5-9H2,1H3,(H,20,21). The van der Waals surface area contributed by atoms with Crippen molar-refractivity contribution in [1.29, 1.82) is 0 Å². The normalized spacial score (nSPS) is 18.0. The van der Waals surface area contributed by atoms with Gasteiger partial charge in [-0.1, -0.05) is 13.3 Å². The molecule has 1 aliphatic heterocycles. The second-order valence-electron chi connectivity index (χ2n) is 5.54. The van der Waals surface area contributed by atoms with Crippen LogP contribution in [0.5, 0.6) is 0 Å². The lowest BCUT2D eigenvalue weighted by molar-refractivity contribution is -0.150. The van der Waals surface area contributed by atoms with Crippen LogP contribution in [0.4, 0.5) is 5.82 Å². The fourth-order valence-corrected chi connectivity index (χ4v) is 3.02. The van der Waals surface area contributed by atoms with Gasteiger partial charge in [0.05, 0.1) is 5.41 Å². The predicted molar refractivity (Wildman–Crippen MR) is 75.0 cm³/mol. The highest BCUT2D eigenvalue weighted by Gasteiger charge is 2.40. The Morgan fingerprint density at radius 1 is 1.38 bits per heavy atom. The first-order valence-corrected chi connectivity index (χ1v) is 7.18. The fraction of sp³-hybridized carbons (Fsp3) is 0.615. The summed E-state index contributed by atoms with van der Waals surface area (Å²) in [5.41, 5.74) is 0.0195. The number of nitrogens with zero attached hydrogens (tertiary/aromatic N) is 6. The first-order chi connectivity index (χ1) is 10.1. The van der Waals surface area contributed by atoms with E-state index in [1.54, 1.807) is 0 Å². The molecule has 0 aliphatic carbocycles. The Hall–Kier alpha value is -2.25. The molecular weight excluding hydrogens is 272 g/mol. The summed E-state index contributed by atoms with van der Waals surface area (Å²) in [6.07, 6.45) is 2.91. The summed E-state index contributed by atoms with van der Waals surface area (Å²) in [5, 5.41) is 25.0. The highest BCUT2D eigenvalue weighted by Crippen LogP contribution is 2.37. The Morgan fingerprint density at radius 3 is 2.81 bits per heavy atom. The molecule has 8 nitrogen and oxygen atoms in total. The van der Waals surface area contributed by atoms with E-state index in [1.165, 1.54) is 4.63 Å². The lowest BCUT2D eigenvalue weighted by Crippen LogP contribution is -2.44. The van der Waals surface area contributed by atoms with Gasteiger partial charge in [0.2, 0.25) is 0 Å². The predicted octanol–water partition coefficient (Wildman–Crippen LogP) is 0.991. The molecule has 1 aliphatic rings. The highest BCUT2D eigenvalue weighted by atomic mass is 16.4. The number of aliphatic carboxylic acids is 1. The summed E-state index contributed by atoms with van der Waals surface area (Å²) in [6, 6.07) is 3.69. The minimum Gasteiger partial charge on any atom is -0.481 e. The molecule has 0 aromatic carbocycles. The molecule has 0 bridgehead atoms. The zero-order chi connectivity index (χ0) is 14.9. The average molecular weight is 290 g/mol. The second kappa shape index (κ2) is 5.27. The van der Waals surface area contributed by atoms with Crippen LogP contribution in [0.3, 0.4) is 0 Å². The van der Waals surface area contributed by atoms with E-state index in [2.05, 4.69) is 25.5 Å². The maximum absolute atomic E-state index is 11.6. The van der Waals surface area contributed by atoms with Crippen LogP contribution >= 0.6 is 0 Å². The van der Waals surface area contributed by atoms with Gasteiger partial charge in [0.1, 0.15) is 0 Å². The monoisotopic (exact) mass is 290 g/mol. The van der Waals surface area contributed by atoms with Crippen LogP contribution in [-0.2, 0) is 4.79 Å². The molecule has 0 unspecified atom stereocenters. The van der Waals surface area contributed by atoms with E-state index in [0.29, 0.717) is 31.6 Å². The van der Waals surface area contributed by atoms with Gasteiger partial charge >= 0.3 is 5.97 Å². The highest BCUT2D eigenvalue weighted by molar-refractivity contribution is 5.75. The molecule has 2 aromatic heterocycles. The molecule has 2 aromatic rings. The van der Waals surface area contributed by atoms with E-state index >= 15 is 0 Å². The van der Waals surface area contributed by atoms with Crippen LogP contribution in [0, 0.1) is 5.41 Å². The van der Waals surface area contributed by atoms with E-state index < -0.39 is 11.4 Å². The average Bonchev–Trinajstić information content (AvgIpc) is 2.95. The third-order valence-corrected chi connectivity index (χ3v) is 4.28. The first kappa shape index (κ1) is 13.7. The number of carboxylic acids is 1. The van der Waals surface area contributed by atoms with E-state index in [1.807, 2.05) is 19.1 Å². The van der Waals surface area contributed by atoms with Crippen molar-refractivity contribution in [3.8, 4) is 0 Å². The molecule has 21 heavy (non-hydrogen) atoms. The van der Waals surface area contributed by atoms with Gasteiger partial charge in [-0.15, -0.1) is 14.8 Å². The molecule has 3 rings (SSSR count). The summed E-state index contributed by atoms with van der Waals surface area (Å²) in [6.45, 7) is 3.41. The number of tetrazole rings is 1. The number of hydrogen-bond donors (Lipinski definition) is 1. The minimum absolute atomic E-state index is 0.579. The summed E-state index contributed by atoms with van der Waals surface area (Å²) in [5.74, 6) is 0.109. The van der Waals surface area contributed by atoms with E-state index in [4.69, 9.17) is 0 Å². The molecule has 1 N–H and O–H groups in total. The van der Waals surface area contributed by atoms with E-state index in [-0.39, 0.29) is 0 Å². The molecular formula is C13H18N6O2. The molecule has 0 spiro atoms. The SMILES string of the molecule is CCCC1(C(=O)O)CCN(c2ccc3nnnn3n2)CC1. The van der Waals surface area contributed by atoms with E-state index in [9.17, 15) is 9.90 Å². The molecule has 3 heterocycles. The van der Waals surface area contributed by atoms with Gasteiger partial charge in [-0.25, -0.2) is 0 Å². The fourth-order valence-electron chi connectivity index (χ4n) is 3.02. The number of fused-ring (bicyclic) bond motifs is 1. The van der Waals surface area contributed by atoms with Crippen molar-refractivity contribution in [2.75, 3.05) is 18.0 Å². The largest absolute Gasteiger partial charge is 0.481 e. The Labute approximate surface area is 121 Å². The molecule has 0 amide bonds. The number of anilines is 1. The van der Waals surface area contributed by atoms with E-state index in [0.717, 1.165) is 18.7 Å². The number of hydrogen-bond acceptors (Lipinski definition) is 6. The molecule has 112 valence electrons. The maximum atomic E-state index is 11.6. The third kappa shape index (κ3) is 2.41. The molecule has 8 heteroatoms. The summed E-state index contributed by atoms with van der Waals surface area (Å²) < 4.78 is 1.39. The lowest BCUT2D eigenvalue weighted by atomic mass is 9.75. The zero-order valence-corrected chi connectivity index (χ0v) is 11.9. The minimum atomic E-state index is -0.673. The van der Waals surface area contributed by atoms with Gasteiger partial charge in [-0.2, -0.15) is 0 Å². The number of piperidine rings is 1. The van der Waals surface area contributed by atoms with Gasteiger partial charge in [0.25, 0.3) is 0 Å². The van der Waals surface area contributed by atoms with Gasteiger partial charge in [0, 0.05) is 13.1 Å². The van der Waals surface area contributed by atoms with Crippen molar-refractivity contribution in [1.82, 2.24) is 25.3 Å². The van der Waals surface area contributed by atoms with Crippen molar-refractivity contribution in [3.63, 3.8) is 0 Å². The van der Waals surface area contributed by atoms with Crippen LogP contribution in [0.25, 0.3) is 5.65 Å². The van der Waals surface area contributed by atoms with Gasteiger partial charge in [0.15, 0.2) is 11.5 Å². The number of carbonyl (C=O) groups is 1. The topological polar surface area (TPSA) is 96.5 Å². The van der Waals surface area contributed by atoms with Gasteiger partial charge in [-0.3, -0.25) is 4.79 Å². The number of carboxylic acid groups (broad SMARTS) is 1. The Bertz CT molecular complexity index is 647. The van der Waals surface area contributed by atoms with Crippen LogP contribution in [-0.4, -0.2) is 49.4 Å². The lowest BCUT2D eigenvalue weighted by Gasteiger charge is -2.39. The van der Waals surface area contributed by atoms with Gasteiger partial charge in [-0.05, 0) is 41.8 Å². The summed E-state index contributed by atoms with van der Waals surface area (Å²) >= 11 is 0. The molecule has 1 fully saturated rings. The number of rotatable bonds is 4. The van der Waals surface area contributed by atoms with Crippen LogP contribution < -0.4 is 4.90 Å². The smallest absolute Gasteiger partial charge is 0.309 e. The molecule has 0 saturated carbocycles. The summed E-state index contributed by atoms with van der Waals surface area (Å²) in [7, 11) is 0. The Kier molecular flexibility index (Phi) is 3.44. The maximum Gasteiger partial charge on any atom is 0.309 e. The first-order valence-electron chi connectivity index (χ1n) is 7.18. The van der Waals surface area contributed by atoms with Crippen LogP contribution in [0.15, 0.2) is 12.1 Å². The van der Waals surface area contributed by atoms with Crippen molar-refractivity contribution >= 4 is 17.4 Å². The van der Waals surface area contributed by atoms with Crippen molar-refractivity contribution < 1.29 is 9.90 Å². The second-order valence-corrected chi connectivity index (χ2v) is 5.54. The quantitative estimate of drug-likeness (QED) is 0.896. The Balaban J connectivity index is 1.76. The van der Waals surface area contributed by atoms with Crippen LogP contribution in [0.2, 0.25) is 0 Å². The van der Waals surface area contributed by atoms with Gasteiger partial charge < -0.3 is 10.0 Å². The van der Waals surface area contributed by atoms with Crippen LogP contribution in [0.1, 0.15) is 32.6 Å². The summed E-state index contributed by atoms with van der Waals surface area (Å²) in [4.78, 5) is 13.7. The van der Waals surface area contributed by atoms with Crippen molar-refractivity contribution in [2.45, 2.75) is 32.6 Å². The number of aromatic nitrogens is 5. The molecule has 0 atom stereocenters. The molecule has 1 saturated heterocycles. The zero-order valence-electron chi connectivity index (χ0n) is 11.9.